The molecule has 0 aliphatic rings. The monoisotopic (exact) mass is 372 g/mol. The molecule has 1 atom stereocenters. The van der Waals surface area contributed by atoms with Gasteiger partial charge in [0.15, 0.2) is 11.9 Å². The van der Waals surface area contributed by atoms with Crippen LogP contribution in [0.15, 0.2) is 23.0 Å². The molecule has 1 aromatic carbocycles. The molecule has 0 saturated heterocycles. The van der Waals surface area contributed by atoms with Crippen LogP contribution in [-0.4, -0.2) is 23.0 Å². The third kappa shape index (κ3) is 3.22. The predicted octanol–water partition coefficient (Wildman–Crippen LogP) is 3.84. The van der Waals surface area contributed by atoms with Crippen LogP contribution in [0.2, 0.25) is 0 Å². The molecular weight excluding hydrogens is 352 g/mol. The van der Waals surface area contributed by atoms with E-state index in [9.17, 15) is 9.59 Å². The number of hydrogen-bond donors (Lipinski definition) is 1. The number of nitrogens with one attached hydrogen (secondary N) is 1. The number of fused-ring (bicyclic) bond motifs is 1. The fraction of sp³-hybridized carbons (Fsp3) is 0.316. The molecule has 0 radical (unpaired) electrons. The molecule has 0 unspecified atom stereocenters. The summed E-state index contributed by atoms with van der Waals surface area (Å²) >= 11 is 1.46. The van der Waals surface area contributed by atoms with Gasteiger partial charge in [-0.15, -0.1) is 11.3 Å². The molecule has 136 valence electrons. The standard InChI is InChI=1S/C19H20N2O4S/c1-9-6-7-13(8-14(9)24-5)19(23)25-11(3)16-20-17(22)15-10(2)12(4)26-18(15)21-16/h6-8,11H,1-5H3,(H,20,21,22)/t11-/m1/s1. The number of aromatic nitrogens is 2. The van der Waals surface area contributed by atoms with Gasteiger partial charge >= 0.3 is 5.97 Å². The van der Waals surface area contributed by atoms with Gasteiger partial charge in [-0.25, -0.2) is 9.78 Å². The molecule has 0 amide bonds. The lowest BCUT2D eigenvalue weighted by molar-refractivity contribution is 0.0319. The maximum absolute atomic E-state index is 12.4. The minimum absolute atomic E-state index is 0.216. The summed E-state index contributed by atoms with van der Waals surface area (Å²) in [5.74, 6) is 0.442. The number of rotatable bonds is 4. The average molecular weight is 372 g/mol. The van der Waals surface area contributed by atoms with Crippen LogP contribution in [0.1, 0.15) is 45.2 Å². The minimum Gasteiger partial charge on any atom is -0.496 e. The topological polar surface area (TPSA) is 81.3 Å². The van der Waals surface area contributed by atoms with Crippen molar-refractivity contribution in [2.75, 3.05) is 7.11 Å². The summed E-state index contributed by atoms with van der Waals surface area (Å²) in [5.41, 5.74) is 2.02. The van der Waals surface area contributed by atoms with Crippen LogP contribution in [-0.2, 0) is 4.74 Å². The van der Waals surface area contributed by atoms with E-state index >= 15 is 0 Å². The maximum atomic E-state index is 12.4. The molecule has 2 heterocycles. The summed E-state index contributed by atoms with van der Waals surface area (Å²) in [6, 6.07) is 5.11. The van der Waals surface area contributed by atoms with Gasteiger partial charge < -0.3 is 14.5 Å². The van der Waals surface area contributed by atoms with E-state index in [4.69, 9.17) is 9.47 Å². The summed E-state index contributed by atoms with van der Waals surface area (Å²) in [6.07, 6.45) is -0.686. The van der Waals surface area contributed by atoms with Gasteiger partial charge in [-0.3, -0.25) is 4.79 Å². The number of carbonyl (C=O) groups excluding carboxylic acids is 1. The Labute approximate surface area is 154 Å². The molecule has 0 spiro atoms. The number of methoxy groups -OCH3 is 1. The Kier molecular flexibility index (Phi) is 4.82. The smallest absolute Gasteiger partial charge is 0.338 e. The van der Waals surface area contributed by atoms with Gasteiger partial charge in [0.1, 0.15) is 10.6 Å². The number of carbonyl (C=O) groups is 1. The molecule has 26 heavy (non-hydrogen) atoms. The average Bonchev–Trinajstić information content (AvgIpc) is 2.89. The quantitative estimate of drug-likeness (QED) is 0.704. The first-order valence-corrected chi connectivity index (χ1v) is 8.99. The fourth-order valence-corrected chi connectivity index (χ4v) is 3.73. The highest BCUT2D eigenvalue weighted by atomic mass is 32.1. The Hall–Kier alpha value is -2.67. The second-order valence-corrected chi connectivity index (χ2v) is 7.35. The van der Waals surface area contributed by atoms with Crippen molar-refractivity contribution in [2.45, 2.75) is 33.8 Å². The number of thiophene rings is 1. The van der Waals surface area contributed by atoms with Crippen LogP contribution in [0.3, 0.4) is 0 Å². The molecule has 7 heteroatoms. The van der Waals surface area contributed by atoms with Crippen LogP contribution in [0.5, 0.6) is 5.75 Å². The van der Waals surface area contributed by atoms with Gasteiger partial charge in [-0.1, -0.05) is 6.07 Å². The molecule has 3 rings (SSSR count). The minimum atomic E-state index is -0.686. The van der Waals surface area contributed by atoms with Crippen molar-refractivity contribution >= 4 is 27.5 Å². The summed E-state index contributed by atoms with van der Waals surface area (Å²) in [7, 11) is 1.55. The third-order valence-corrected chi connectivity index (χ3v) is 5.47. The van der Waals surface area contributed by atoms with E-state index in [0.29, 0.717) is 27.4 Å². The van der Waals surface area contributed by atoms with Crippen molar-refractivity contribution < 1.29 is 14.3 Å². The van der Waals surface area contributed by atoms with Gasteiger partial charge in [0.25, 0.3) is 5.56 Å². The van der Waals surface area contributed by atoms with Crippen molar-refractivity contribution in [3.8, 4) is 5.75 Å². The lowest BCUT2D eigenvalue weighted by Gasteiger charge is -2.13. The highest BCUT2D eigenvalue weighted by molar-refractivity contribution is 7.18. The Morgan fingerprint density at radius 1 is 1.27 bits per heavy atom. The summed E-state index contributed by atoms with van der Waals surface area (Å²) in [6.45, 7) is 7.43. The first-order chi connectivity index (χ1) is 12.3. The number of nitrogens with zero attached hydrogens (tertiary/aromatic N) is 1. The van der Waals surface area contributed by atoms with E-state index in [-0.39, 0.29) is 5.56 Å². The number of esters is 1. The van der Waals surface area contributed by atoms with Gasteiger partial charge in [0.2, 0.25) is 0 Å². The molecule has 1 N–H and O–H groups in total. The third-order valence-electron chi connectivity index (χ3n) is 4.37. The number of benzene rings is 1. The first kappa shape index (κ1) is 18.1. The van der Waals surface area contributed by atoms with Crippen LogP contribution in [0.25, 0.3) is 10.2 Å². The Morgan fingerprint density at radius 2 is 2.00 bits per heavy atom. The van der Waals surface area contributed by atoms with Crippen molar-refractivity contribution in [1.82, 2.24) is 9.97 Å². The SMILES string of the molecule is COc1cc(C(=O)O[C@H](C)c2nc3sc(C)c(C)c3c(=O)[nH]2)ccc1C. The van der Waals surface area contributed by atoms with Gasteiger partial charge in [-0.2, -0.15) is 0 Å². The van der Waals surface area contributed by atoms with Gasteiger partial charge in [-0.05, 0) is 51.0 Å². The lowest BCUT2D eigenvalue weighted by Crippen LogP contribution is -2.17. The zero-order chi connectivity index (χ0) is 19.0. The fourth-order valence-electron chi connectivity index (χ4n) is 2.70. The number of hydrogen-bond acceptors (Lipinski definition) is 6. The maximum Gasteiger partial charge on any atom is 0.338 e. The summed E-state index contributed by atoms with van der Waals surface area (Å²) < 4.78 is 10.7. The zero-order valence-corrected chi connectivity index (χ0v) is 16.1. The van der Waals surface area contributed by atoms with Crippen molar-refractivity contribution in [3.63, 3.8) is 0 Å². The molecule has 0 aliphatic heterocycles. The molecule has 6 nitrogen and oxygen atoms in total. The normalized spacial score (nSPS) is 12.2. The highest BCUT2D eigenvalue weighted by Gasteiger charge is 2.19. The lowest BCUT2D eigenvalue weighted by atomic mass is 10.1. The molecule has 0 bridgehead atoms. The number of H-pyrrole nitrogens is 1. The van der Waals surface area contributed by atoms with Gasteiger partial charge in [0.05, 0.1) is 18.1 Å². The zero-order valence-electron chi connectivity index (χ0n) is 15.3. The predicted molar refractivity (Wildman–Crippen MR) is 101 cm³/mol. The van der Waals surface area contributed by atoms with E-state index in [0.717, 1.165) is 16.0 Å². The van der Waals surface area contributed by atoms with Crippen LogP contribution in [0.4, 0.5) is 0 Å². The Balaban J connectivity index is 1.88. The Morgan fingerprint density at radius 3 is 2.69 bits per heavy atom. The van der Waals surface area contributed by atoms with Crippen LogP contribution in [0, 0.1) is 20.8 Å². The van der Waals surface area contributed by atoms with Crippen molar-refractivity contribution in [1.29, 1.82) is 0 Å². The summed E-state index contributed by atoms with van der Waals surface area (Å²) in [4.78, 5) is 33.7. The molecular formula is C19H20N2O4S. The van der Waals surface area contributed by atoms with Gasteiger partial charge in [0, 0.05) is 4.88 Å². The van der Waals surface area contributed by atoms with E-state index in [2.05, 4.69) is 9.97 Å². The van der Waals surface area contributed by atoms with E-state index in [1.807, 2.05) is 20.8 Å². The second kappa shape index (κ2) is 6.92. The van der Waals surface area contributed by atoms with Crippen molar-refractivity contribution in [2.24, 2.45) is 0 Å². The van der Waals surface area contributed by atoms with E-state index in [1.165, 1.54) is 11.3 Å². The number of aromatic amines is 1. The first-order valence-electron chi connectivity index (χ1n) is 8.17. The molecule has 0 fully saturated rings. The molecule has 2 aromatic heterocycles. The van der Waals surface area contributed by atoms with Crippen LogP contribution >= 0.6 is 11.3 Å². The Bertz CT molecular complexity index is 1050. The summed E-state index contributed by atoms with van der Waals surface area (Å²) in [5, 5.41) is 0.595. The van der Waals surface area contributed by atoms with Crippen molar-refractivity contribution in [3.05, 3.63) is 55.9 Å². The number of aryl methyl sites for hydroxylation is 3. The number of ether oxygens (including phenoxy) is 2. The van der Waals surface area contributed by atoms with E-state index in [1.54, 1.807) is 32.2 Å². The molecule has 3 aromatic rings. The second-order valence-electron chi connectivity index (χ2n) is 6.15. The molecule has 0 aliphatic carbocycles. The molecule has 0 saturated carbocycles. The van der Waals surface area contributed by atoms with E-state index < -0.39 is 12.1 Å². The highest BCUT2D eigenvalue weighted by Crippen LogP contribution is 2.27. The largest absolute Gasteiger partial charge is 0.496 e. The van der Waals surface area contributed by atoms with Crippen LogP contribution < -0.4 is 10.3 Å².